The van der Waals surface area contributed by atoms with E-state index in [0.717, 1.165) is 11.5 Å². The standard InChI is InChI=1S/C15H21NO4S/c1-12(2)10-13(11-17)16-15(18)8-9-21(19,20)14-6-4-3-5-7-14/h3-9,12-13,17H,10-11H2,1-2H3,(H,16,18)/b9-8+. The van der Waals surface area contributed by atoms with E-state index in [4.69, 9.17) is 0 Å². The maximum atomic E-state index is 12.0. The highest BCUT2D eigenvalue weighted by atomic mass is 32.2. The van der Waals surface area contributed by atoms with E-state index in [1.807, 2.05) is 13.8 Å². The molecule has 2 N–H and O–H groups in total. The summed E-state index contributed by atoms with van der Waals surface area (Å²) in [6.07, 6.45) is 1.60. The maximum absolute atomic E-state index is 12.0. The van der Waals surface area contributed by atoms with Gasteiger partial charge in [-0.05, 0) is 24.5 Å². The minimum atomic E-state index is -3.62. The lowest BCUT2D eigenvalue weighted by Crippen LogP contribution is -2.37. The molecule has 1 aromatic rings. The summed E-state index contributed by atoms with van der Waals surface area (Å²) in [6.45, 7) is 3.78. The zero-order valence-electron chi connectivity index (χ0n) is 12.2. The second-order valence-corrected chi connectivity index (χ2v) is 7.01. The van der Waals surface area contributed by atoms with Gasteiger partial charge in [0.05, 0.1) is 17.5 Å². The minimum Gasteiger partial charge on any atom is -0.394 e. The number of benzene rings is 1. The number of rotatable bonds is 7. The molecule has 1 aromatic carbocycles. The van der Waals surface area contributed by atoms with Crippen LogP contribution in [0.15, 0.2) is 46.7 Å². The largest absolute Gasteiger partial charge is 0.394 e. The smallest absolute Gasteiger partial charge is 0.244 e. The van der Waals surface area contributed by atoms with E-state index in [1.165, 1.54) is 12.1 Å². The molecule has 116 valence electrons. The van der Waals surface area contributed by atoms with Crippen molar-refractivity contribution in [1.82, 2.24) is 5.32 Å². The van der Waals surface area contributed by atoms with Gasteiger partial charge >= 0.3 is 0 Å². The van der Waals surface area contributed by atoms with Gasteiger partial charge in [0.1, 0.15) is 0 Å². The number of sulfone groups is 1. The summed E-state index contributed by atoms with van der Waals surface area (Å²) in [5, 5.41) is 12.6. The van der Waals surface area contributed by atoms with Gasteiger partial charge < -0.3 is 10.4 Å². The van der Waals surface area contributed by atoms with Crippen LogP contribution in [-0.2, 0) is 14.6 Å². The van der Waals surface area contributed by atoms with E-state index in [9.17, 15) is 18.3 Å². The second kappa shape index (κ2) is 7.95. The van der Waals surface area contributed by atoms with Crippen molar-refractivity contribution in [3.63, 3.8) is 0 Å². The monoisotopic (exact) mass is 311 g/mol. The summed E-state index contributed by atoms with van der Waals surface area (Å²) in [5.41, 5.74) is 0. The molecule has 1 atom stereocenters. The second-order valence-electron chi connectivity index (χ2n) is 5.18. The van der Waals surface area contributed by atoms with Gasteiger partial charge in [-0.1, -0.05) is 32.0 Å². The molecule has 1 rings (SSSR count). The first kappa shape index (κ1) is 17.4. The summed E-state index contributed by atoms with van der Waals surface area (Å²) >= 11 is 0. The average molecular weight is 311 g/mol. The van der Waals surface area contributed by atoms with Crippen molar-refractivity contribution in [1.29, 1.82) is 0 Å². The summed E-state index contributed by atoms with van der Waals surface area (Å²) in [7, 11) is -3.62. The van der Waals surface area contributed by atoms with Crippen molar-refractivity contribution < 1.29 is 18.3 Å². The summed E-state index contributed by atoms with van der Waals surface area (Å²) in [5.74, 6) is -0.214. The highest BCUT2D eigenvalue weighted by Crippen LogP contribution is 2.11. The van der Waals surface area contributed by atoms with Gasteiger partial charge in [-0.2, -0.15) is 0 Å². The molecule has 0 aromatic heterocycles. The maximum Gasteiger partial charge on any atom is 0.244 e. The van der Waals surface area contributed by atoms with Crippen LogP contribution >= 0.6 is 0 Å². The van der Waals surface area contributed by atoms with Crippen LogP contribution in [0.25, 0.3) is 0 Å². The van der Waals surface area contributed by atoms with Gasteiger partial charge in [0.2, 0.25) is 5.91 Å². The Morgan fingerprint density at radius 1 is 1.29 bits per heavy atom. The fourth-order valence-corrected chi connectivity index (χ4v) is 2.83. The van der Waals surface area contributed by atoms with Crippen LogP contribution in [0.1, 0.15) is 20.3 Å². The fraction of sp³-hybridized carbons (Fsp3) is 0.400. The molecule has 1 unspecified atom stereocenters. The van der Waals surface area contributed by atoms with E-state index in [0.29, 0.717) is 12.3 Å². The van der Waals surface area contributed by atoms with Crippen LogP contribution in [0.5, 0.6) is 0 Å². The number of hydrogen-bond acceptors (Lipinski definition) is 4. The Kier molecular flexibility index (Phi) is 6.58. The molecule has 6 heteroatoms. The first-order chi connectivity index (χ1) is 9.85. The average Bonchev–Trinajstić information content (AvgIpc) is 2.45. The molecular formula is C15H21NO4S. The van der Waals surface area contributed by atoms with Crippen molar-refractivity contribution >= 4 is 15.7 Å². The Hall–Kier alpha value is -1.66. The van der Waals surface area contributed by atoms with E-state index in [-0.39, 0.29) is 17.5 Å². The van der Waals surface area contributed by atoms with Crippen LogP contribution in [-0.4, -0.2) is 32.1 Å². The normalized spacial score (nSPS) is 13.5. The van der Waals surface area contributed by atoms with Crippen LogP contribution in [0.4, 0.5) is 0 Å². The Balaban J connectivity index is 2.69. The summed E-state index contributed by atoms with van der Waals surface area (Å²) in [6, 6.07) is 7.50. The zero-order valence-corrected chi connectivity index (χ0v) is 13.0. The molecule has 0 heterocycles. The molecule has 0 fully saturated rings. The summed E-state index contributed by atoms with van der Waals surface area (Å²) in [4.78, 5) is 11.8. The van der Waals surface area contributed by atoms with E-state index < -0.39 is 15.7 Å². The number of aliphatic hydroxyl groups is 1. The number of carbonyl (C=O) groups excluding carboxylic acids is 1. The highest BCUT2D eigenvalue weighted by Gasteiger charge is 2.13. The molecule has 0 bridgehead atoms. The Labute approximate surface area is 125 Å². The molecule has 0 saturated heterocycles. The Morgan fingerprint density at radius 3 is 2.43 bits per heavy atom. The van der Waals surface area contributed by atoms with Crippen LogP contribution in [0.2, 0.25) is 0 Å². The lowest BCUT2D eigenvalue weighted by atomic mass is 10.0. The van der Waals surface area contributed by atoms with Gasteiger partial charge in [0, 0.05) is 11.5 Å². The predicted octanol–water partition coefficient (Wildman–Crippen LogP) is 1.50. The van der Waals surface area contributed by atoms with Gasteiger partial charge in [-0.15, -0.1) is 0 Å². The molecule has 0 spiro atoms. The Morgan fingerprint density at radius 2 is 1.90 bits per heavy atom. The van der Waals surface area contributed by atoms with Crippen molar-refractivity contribution in [2.45, 2.75) is 31.2 Å². The van der Waals surface area contributed by atoms with Crippen molar-refractivity contribution in [3.8, 4) is 0 Å². The number of aliphatic hydroxyl groups excluding tert-OH is 1. The summed E-state index contributed by atoms with van der Waals surface area (Å²) < 4.78 is 23.9. The van der Waals surface area contributed by atoms with Crippen LogP contribution in [0.3, 0.4) is 0 Å². The molecular weight excluding hydrogens is 290 g/mol. The van der Waals surface area contributed by atoms with E-state index in [2.05, 4.69) is 5.32 Å². The quantitative estimate of drug-likeness (QED) is 0.747. The minimum absolute atomic E-state index is 0.134. The number of hydrogen-bond donors (Lipinski definition) is 2. The highest BCUT2D eigenvalue weighted by molar-refractivity contribution is 7.94. The van der Waals surface area contributed by atoms with Crippen LogP contribution < -0.4 is 5.32 Å². The topological polar surface area (TPSA) is 83.5 Å². The van der Waals surface area contributed by atoms with Gasteiger partial charge in [0.25, 0.3) is 0 Å². The third kappa shape index (κ3) is 6.10. The van der Waals surface area contributed by atoms with E-state index in [1.54, 1.807) is 18.2 Å². The van der Waals surface area contributed by atoms with Gasteiger partial charge in [0.15, 0.2) is 9.84 Å². The molecule has 0 radical (unpaired) electrons. The zero-order chi connectivity index (χ0) is 15.9. The molecule has 0 aliphatic heterocycles. The third-order valence-corrected chi connectivity index (χ3v) is 4.22. The molecule has 0 aliphatic carbocycles. The molecule has 1 amide bonds. The van der Waals surface area contributed by atoms with Gasteiger partial charge in [-0.3, -0.25) is 4.79 Å². The van der Waals surface area contributed by atoms with Crippen LogP contribution in [0, 0.1) is 5.92 Å². The molecule has 5 nitrogen and oxygen atoms in total. The SMILES string of the molecule is CC(C)CC(CO)NC(=O)/C=C/S(=O)(=O)c1ccccc1. The third-order valence-electron chi connectivity index (χ3n) is 2.79. The molecule has 0 aliphatic rings. The lowest BCUT2D eigenvalue weighted by molar-refractivity contribution is -0.117. The lowest BCUT2D eigenvalue weighted by Gasteiger charge is -2.17. The predicted molar refractivity (Wildman–Crippen MR) is 81.2 cm³/mol. The Bertz CT molecular complexity index is 579. The van der Waals surface area contributed by atoms with E-state index >= 15 is 0 Å². The first-order valence-corrected chi connectivity index (χ1v) is 8.29. The van der Waals surface area contributed by atoms with Crippen molar-refractivity contribution in [2.75, 3.05) is 6.61 Å². The van der Waals surface area contributed by atoms with Crippen molar-refractivity contribution in [2.24, 2.45) is 5.92 Å². The number of carbonyl (C=O) groups is 1. The van der Waals surface area contributed by atoms with Gasteiger partial charge in [-0.25, -0.2) is 8.42 Å². The number of amides is 1. The van der Waals surface area contributed by atoms with Crippen molar-refractivity contribution in [3.05, 3.63) is 41.8 Å². The molecule has 0 saturated carbocycles. The number of nitrogens with one attached hydrogen (secondary N) is 1. The first-order valence-electron chi connectivity index (χ1n) is 6.74. The fourth-order valence-electron chi connectivity index (χ4n) is 1.84. The molecule has 21 heavy (non-hydrogen) atoms.